The van der Waals surface area contributed by atoms with Crippen molar-refractivity contribution in [3.05, 3.63) is 92.9 Å². The third-order valence-corrected chi connectivity index (χ3v) is 7.81. The number of H-pyrrole nitrogens is 1. The molecule has 0 saturated heterocycles. The van der Waals surface area contributed by atoms with Crippen LogP contribution in [0, 0.1) is 5.92 Å². The van der Waals surface area contributed by atoms with E-state index in [0.717, 1.165) is 12.0 Å². The Hall–Kier alpha value is -3.91. The maximum Gasteiger partial charge on any atom is 0.271 e. The second-order valence-corrected chi connectivity index (χ2v) is 9.71. The minimum Gasteiger partial charge on any atom is -0.454 e. The van der Waals surface area contributed by atoms with Crippen molar-refractivity contribution >= 4 is 17.4 Å². The lowest BCUT2D eigenvalue weighted by Gasteiger charge is -2.34. The number of nitrogens with one attached hydrogen (secondary N) is 2. The summed E-state index contributed by atoms with van der Waals surface area (Å²) in [5, 5.41) is 14.7. The zero-order valence-electron chi connectivity index (χ0n) is 18.6. The van der Waals surface area contributed by atoms with Gasteiger partial charge in [-0.15, -0.1) is 0 Å². The zero-order chi connectivity index (χ0) is 24.0. The largest absolute Gasteiger partial charge is 0.454 e. The number of ketones is 1. The maximum absolute atomic E-state index is 14.0. The van der Waals surface area contributed by atoms with Gasteiger partial charge in [-0.05, 0) is 41.5 Å². The lowest BCUT2D eigenvalue weighted by molar-refractivity contribution is -0.169. The molecule has 1 aromatic heterocycles. The SMILES string of the molecule is C[C@@H]1C[C@]1(C)c1ccc2c(c1)O[C@@]1(O)c3cccc(N)c3C(=O)[C@@]21NC(=O)c1cccc(=O)[nH]1. The molecular formula is C26H23N3O5. The van der Waals surface area contributed by atoms with Crippen molar-refractivity contribution in [2.45, 2.75) is 37.0 Å². The molecule has 2 aliphatic carbocycles. The summed E-state index contributed by atoms with van der Waals surface area (Å²) in [6.07, 6.45) is 1.03. The van der Waals surface area contributed by atoms with Gasteiger partial charge in [0.2, 0.25) is 16.9 Å². The molecule has 1 fully saturated rings. The number of nitrogens with two attached hydrogens (primary N) is 1. The Labute approximate surface area is 194 Å². The Bertz CT molecular complexity index is 1480. The van der Waals surface area contributed by atoms with E-state index in [-0.39, 0.29) is 27.9 Å². The number of pyridine rings is 1. The van der Waals surface area contributed by atoms with Gasteiger partial charge in [0.1, 0.15) is 11.4 Å². The van der Waals surface area contributed by atoms with Gasteiger partial charge in [0.05, 0.1) is 5.56 Å². The summed E-state index contributed by atoms with van der Waals surface area (Å²) in [6, 6.07) is 14.4. The fraction of sp³-hybridized carbons (Fsp3) is 0.269. The molecule has 3 aliphatic rings. The Morgan fingerprint density at radius 3 is 2.59 bits per heavy atom. The number of anilines is 1. The Morgan fingerprint density at radius 1 is 1.15 bits per heavy atom. The van der Waals surface area contributed by atoms with Crippen LogP contribution < -0.4 is 21.3 Å². The van der Waals surface area contributed by atoms with Crippen LogP contribution in [0.3, 0.4) is 0 Å². The number of amides is 1. The lowest BCUT2D eigenvalue weighted by atomic mass is 9.81. The number of rotatable bonds is 3. The van der Waals surface area contributed by atoms with Crippen molar-refractivity contribution in [3.63, 3.8) is 0 Å². The van der Waals surface area contributed by atoms with Crippen LogP contribution in [0.25, 0.3) is 0 Å². The van der Waals surface area contributed by atoms with E-state index in [0.29, 0.717) is 17.2 Å². The smallest absolute Gasteiger partial charge is 0.271 e. The Morgan fingerprint density at radius 2 is 1.88 bits per heavy atom. The summed E-state index contributed by atoms with van der Waals surface area (Å²) in [5.41, 5.74) is 5.45. The van der Waals surface area contributed by atoms with Crippen LogP contribution in [0.4, 0.5) is 5.69 Å². The normalized spacial score (nSPS) is 30.2. The van der Waals surface area contributed by atoms with Gasteiger partial charge in [-0.3, -0.25) is 14.4 Å². The van der Waals surface area contributed by atoms with E-state index >= 15 is 0 Å². The molecule has 8 nitrogen and oxygen atoms in total. The van der Waals surface area contributed by atoms with Gasteiger partial charge < -0.3 is 25.9 Å². The number of benzene rings is 2. The molecular weight excluding hydrogens is 434 g/mol. The fourth-order valence-electron chi connectivity index (χ4n) is 5.52. The van der Waals surface area contributed by atoms with E-state index in [1.165, 1.54) is 18.2 Å². The summed E-state index contributed by atoms with van der Waals surface area (Å²) in [4.78, 5) is 41.5. The zero-order valence-corrected chi connectivity index (χ0v) is 18.6. The highest BCUT2D eigenvalue weighted by Gasteiger charge is 2.72. The molecule has 2 aromatic carbocycles. The molecule has 1 amide bonds. The summed E-state index contributed by atoms with van der Waals surface area (Å²) < 4.78 is 6.13. The van der Waals surface area contributed by atoms with Crippen LogP contribution in [0.1, 0.15) is 57.8 Å². The lowest BCUT2D eigenvalue weighted by Crippen LogP contribution is -2.60. The number of aromatic nitrogens is 1. The van der Waals surface area contributed by atoms with Crippen molar-refractivity contribution in [3.8, 4) is 5.75 Å². The van der Waals surface area contributed by atoms with Crippen molar-refractivity contribution in [1.82, 2.24) is 10.3 Å². The second kappa shape index (κ2) is 6.36. The molecule has 0 bridgehead atoms. The van der Waals surface area contributed by atoms with Gasteiger partial charge in [0, 0.05) is 22.9 Å². The molecule has 3 aromatic rings. The minimum atomic E-state index is -2.21. The van der Waals surface area contributed by atoms with E-state index in [1.54, 1.807) is 24.3 Å². The average Bonchev–Trinajstić information content (AvgIpc) is 3.27. The third kappa shape index (κ3) is 2.38. The van der Waals surface area contributed by atoms with Crippen LogP contribution >= 0.6 is 0 Å². The molecule has 1 aliphatic heterocycles. The predicted molar refractivity (Wildman–Crippen MR) is 123 cm³/mol. The molecule has 4 atom stereocenters. The van der Waals surface area contributed by atoms with E-state index in [2.05, 4.69) is 24.1 Å². The number of Topliss-reactive ketones (excluding diaryl/α,β-unsaturated/α-hetero) is 1. The number of nitrogen functional groups attached to an aromatic ring is 1. The monoisotopic (exact) mass is 457 g/mol. The maximum atomic E-state index is 14.0. The van der Waals surface area contributed by atoms with Crippen LogP contribution in [-0.4, -0.2) is 21.8 Å². The van der Waals surface area contributed by atoms with Crippen LogP contribution in [0.15, 0.2) is 59.4 Å². The molecule has 1 saturated carbocycles. The summed E-state index contributed by atoms with van der Waals surface area (Å²) >= 11 is 0. The van der Waals surface area contributed by atoms with Crippen LogP contribution in [0.2, 0.25) is 0 Å². The van der Waals surface area contributed by atoms with Crippen molar-refractivity contribution in [2.75, 3.05) is 5.73 Å². The number of carbonyl (C=O) groups excluding carboxylic acids is 2. The first-order valence-electron chi connectivity index (χ1n) is 11.1. The number of aliphatic hydroxyl groups is 1. The van der Waals surface area contributed by atoms with E-state index in [4.69, 9.17) is 10.5 Å². The molecule has 172 valence electrons. The molecule has 8 heteroatoms. The van der Waals surface area contributed by atoms with Crippen molar-refractivity contribution < 1.29 is 19.4 Å². The van der Waals surface area contributed by atoms with Crippen LogP contribution in [-0.2, 0) is 16.7 Å². The first-order chi connectivity index (χ1) is 16.1. The van der Waals surface area contributed by atoms with Crippen LogP contribution in [0.5, 0.6) is 5.75 Å². The van der Waals surface area contributed by atoms with Gasteiger partial charge in [0.25, 0.3) is 11.7 Å². The Balaban J connectivity index is 1.55. The summed E-state index contributed by atoms with van der Waals surface area (Å²) in [6.45, 7) is 4.33. The van der Waals surface area contributed by atoms with E-state index in [9.17, 15) is 19.5 Å². The number of aromatic amines is 1. The van der Waals surface area contributed by atoms with Gasteiger partial charge >= 0.3 is 0 Å². The highest BCUT2D eigenvalue weighted by molar-refractivity contribution is 6.15. The van der Waals surface area contributed by atoms with Crippen molar-refractivity contribution in [1.29, 1.82) is 0 Å². The van der Waals surface area contributed by atoms with E-state index < -0.39 is 28.6 Å². The average molecular weight is 457 g/mol. The Kier molecular flexibility index (Phi) is 3.87. The topological polar surface area (TPSA) is 135 Å². The number of hydrogen-bond donors (Lipinski definition) is 4. The highest BCUT2D eigenvalue weighted by Crippen LogP contribution is 2.61. The number of fused-ring (bicyclic) bond motifs is 5. The van der Waals surface area contributed by atoms with Gasteiger partial charge in [-0.25, -0.2) is 0 Å². The molecule has 34 heavy (non-hydrogen) atoms. The predicted octanol–water partition coefficient (Wildman–Crippen LogP) is 2.31. The molecule has 0 radical (unpaired) electrons. The van der Waals surface area contributed by atoms with Gasteiger partial charge in [0.15, 0.2) is 0 Å². The van der Waals surface area contributed by atoms with E-state index in [1.807, 2.05) is 12.1 Å². The fourth-order valence-corrected chi connectivity index (χ4v) is 5.52. The van der Waals surface area contributed by atoms with Crippen molar-refractivity contribution in [2.24, 2.45) is 5.92 Å². The first kappa shape index (κ1) is 20.7. The second-order valence-electron chi connectivity index (χ2n) is 9.71. The standard InChI is InChI=1S/C26H23N3O5/c1-13-12-24(13,2)14-9-10-15-19(11-14)34-26(33)16-5-3-6-17(27)21(16)22(31)25(15,26)29-23(32)18-7-4-8-20(30)28-18/h3-11,13,33H,12,27H2,1-2H3,(H,28,30)(H,29,32)/t13-,24+,25+,26+/m1/s1. The van der Waals surface area contributed by atoms with Gasteiger partial charge in [-0.1, -0.05) is 44.2 Å². The quantitative estimate of drug-likeness (QED) is 0.446. The summed E-state index contributed by atoms with van der Waals surface area (Å²) in [5.74, 6) is -2.70. The highest BCUT2D eigenvalue weighted by atomic mass is 16.6. The number of carbonyl (C=O) groups is 2. The number of hydrogen-bond acceptors (Lipinski definition) is 6. The first-order valence-corrected chi connectivity index (χ1v) is 11.1. The molecule has 0 unspecified atom stereocenters. The number of ether oxygens (including phenoxy) is 1. The molecule has 6 rings (SSSR count). The molecule has 2 heterocycles. The third-order valence-electron chi connectivity index (χ3n) is 7.81. The summed E-state index contributed by atoms with van der Waals surface area (Å²) in [7, 11) is 0. The van der Waals surface area contributed by atoms with Gasteiger partial charge in [-0.2, -0.15) is 0 Å². The molecule has 5 N–H and O–H groups in total. The molecule has 0 spiro atoms. The minimum absolute atomic E-state index is 0.00894.